The van der Waals surface area contributed by atoms with Crippen LogP contribution < -0.4 is 15.0 Å². The Bertz CT molecular complexity index is 2240. The summed E-state index contributed by atoms with van der Waals surface area (Å²) < 4.78 is 8.72. The number of carboxylic acids is 1. The summed E-state index contributed by atoms with van der Waals surface area (Å²) in [6.45, 7) is 0.539. The molecular formula is C32H22N8O4S2. The van der Waals surface area contributed by atoms with Crippen LogP contribution in [0.2, 0.25) is 0 Å². The molecule has 4 aromatic heterocycles. The van der Waals surface area contributed by atoms with Gasteiger partial charge in [0.25, 0.3) is 0 Å². The van der Waals surface area contributed by atoms with Crippen molar-refractivity contribution in [2.24, 2.45) is 0 Å². The van der Waals surface area contributed by atoms with Gasteiger partial charge in [-0.05, 0) is 60.9 Å². The van der Waals surface area contributed by atoms with Gasteiger partial charge in [-0.3, -0.25) is 10.2 Å². The summed E-state index contributed by atoms with van der Waals surface area (Å²) in [5.74, 6) is -0.762. The van der Waals surface area contributed by atoms with Gasteiger partial charge in [0.05, 0.1) is 27.5 Å². The molecule has 0 spiro atoms. The maximum Gasteiger partial charge on any atom is 0.359 e. The molecule has 12 nitrogen and oxygen atoms in total. The third-order valence-corrected chi connectivity index (χ3v) is 9.46. The molecule has 0 radical (unpaired) electrons. The van der Waals surface area contributed by atoms with Gasteiger partial charge >= 0.3 is 12.0 Å². The minimum atomic E-state index is -1.20. The van der Waals surface area contributed by atoms with Gasteiger partial charge in [-0.15, -0.1) is 0 Å². The zero-order chi connectivity index (χ0) is 31.2. The zero-order valence-electron chi connectivity index (χ0n) is 23.8. The molecule has 0 unspecified atom stereocenters. The smallest absolute Gasteiger partial charge is 0.359 e. The summed E-state index contributed by atoms with van der Waals surface area (Å²) in [5, 5.41) is 19.2. The van der Waals surface area contributed by atoms with Gasteiger partial charge in [0.1, 0.15) is 17.1 Å². The molecule has 2 N–H and O–H groups in total. The lowest BCUT2D eigenvalue weighted by molar-refractivity contribution is 0.0689. The standard InChI is InChI=1S/C32H22N8O4S2/c41-29(42)26-30(44-22-11-9-21(10-12-22)40-27-20(16-35-40)15-33-17-34-27)46-28(37-26)19-8-7-18-4-3-13-39(24(18)14-19)32(43)38-31-36-23-5-1-2-6-25(23)45-31/h1-2,5-12,14-17H,3-4,13H2,(H,41,42)(H,36,38,43). The second-order valence-electron chi connectivity index (χ2n) is 10.4. The van der Waals surface area contributed by atoms with E-state index >= 15 is 0 Å². The number of aromatic nitrogens is 6. The van der Waals surface area contributed by atoms with Crippen molar-refractivity contribution in [2.75, 3.05) is 16.8 Å². The largest absolute Gasteiger partial charge is 0.476 e. The fourth-order valence-corrected chi connectivity index (χ4v) is 7.15. The van der Waals surface area contributed by atoms with E-state index in [1.165, 1.54) is 17.7 Å². The second kappa shape index (κ2) is 11.3. The summed E-state index contributed by atoms with van der Waals surface area (Å²) in [6, 6.07) is 20.3. The lowest BCUT2D eigenvalue weighted by Crippen LogP contribution is -2.38. The molecule has 8 rings (SSSR count). The van der Waals surface area contributed by atoms with Gasteiger partial charge in [0.2, 0.25) is 10.8 Å². The fraction of sp³-hybridized carbons (Fsp3) is 0.0938. The molecule has 0 saturated carbocycles. The van der Waals surface area contributed by atoms with E-state index in [1.54, 1.807) is 34.1 Å². The van der Waals surface area contributed by atoms with Crippen molar-refractivity contribution >= 4 is 66.7 Å². The Hall–Kier alpha value is -5.73. The van der Waals surface area contributed by atoms with E-state index < -0.39 is 5.97 Å². The van der Waals surface area contributed by atoms with Gasteiger partial charge in [-0.2, -0.15) is 5.10 Å². The molecule has 5 heterocycles. The number of urea groups is 1. The lowest BCUT2D eigenvalue weighted by atomic mass is 10.00. The van der Waals surface area contributed by atoms with Crippen molar-refractivity contribution in [3.05, 3.63) is 96.7 Å². The molecule has 0 atom stereocenters. The third-order valence-electron chi connectivity index (χ3n) is 7.53. The van der Waals surface area contributed by atoms with Gasteiger partial charge in [0, 0.05) is 24.0 Å². The van der Waals surface area contributed by atoms with Crippen molar-refractivity contribution in [3.63, 3.8) is 0 Å². The van der Waals surface area contributed by atoms with E-state index in [4.69, 9.17) is 4.74 Å². The number of aromatic carboxylic acids is 1. The van der Waals surface area contributed by atoms with Gasteiger partial charge in [-0.1, -0.05) is 46.9 Å². The molecule has 3 aromatic carbocycles. The predicted molar refractivity (Wildman–Crippen MR) is 176 cm³/mol. The molecule has 0 aliphatic carbocycles. The highest BCUT2D eigenvalue weighted by atomic mass is 32.1. The molecular weight excluding hydrogens is 625 g/mol. The molecule has 0 fully saturated rings. The number of amides is 2. The van der Waals surface area contributed by atoms with Crippen LogP contribution in [-0.4, -0.2) is 53.4 Å². The first-order valence-electron chi connectivity index (χ1n) is 14.2. The van der Waals surface area contributed by atoms with Crippen LogP contribution in [0.5, 0.6) is 10.8 Å². The Balaban J connectivity index is 1.05. The topological polar surface area (TPSA) is 148 Å². The average Bonchev–Trinajstić information content (AvgIpc) is 3.81. The number of hydrogen-bond acceptors (Lipinski definition) is 10. The summed E-state index contributed by atoms with van der Waals surface area (Å²) in [5.41, 5.74) is 4.53. The second-order valence-corrected chi connectivity index (χ2v) is 12.4. The Morgan fingerprint density at radius 1 is 0.978 bits per heavy atom. The number of nitrogens with zero attached hydrogens (tertiary/aromatic N) is 7. The van der Waals surface area contributed by atoms with E-state index in [1.807, 2.05) is 54.6 Å². The molecule has 226 valence electrons. The number of carbonyl (C=O) groups is 2. The van der Waals surface area contributed by atoms with Crippen LogP contribution in [0.3, 0.4) is 0 Å². The maximum atomic E-state index is 13.4. The van der Waals surface area contributed by atoms with Crippen LogP contribution >= 0.6 is 22.7 Å². The van der Waals surface area contributed by atoms with E-state index in [-0.39, 0.29) is 16.8 Å². The third kappa shape index (κ3) is 5.08. The van der Waals surface area contributed by atoms with Gasteiger partial charge in [-0.25, -0.2) is 34.2 Å². The average molecular weight is 647 g/mol. The monoisotopic (exact) mass is 646 g/mol. The molecule has 46 heavy (non-hydrogen) atoms. The minimum absolute atomic E-state index is 0.149. The van der Waals surface area contributed by atoms with Gasteiger partial charge < -0.3 is 9.84 Å². The number of para-hydroxylation sites is 1. The highest BCUT2D eigenvalue weighted by Gasteiger charge is 2.26. The van der Waals surface area contributed by atoms with E-state index in [0.717, 1.165) is 56.7 Å². The van der Waals surface area contributed by atoms with E-state index in [9.17, 15) is 14.7 Å². The van der Waals surface area contributed by atoms with E-state index in [0.29, 0.717) is 33.6 Å². The Morgan fingerprint density at radius 2 is 1.85 bits per heavy atom. The lowest BCUT2D eigenvalue weighted by Gasteiger charge is -2.29. The van der Waals surface area contributed by atoms with Crippen LogP contribution in [0.4, 0.5) is 15.6 Å². The number of carboxylic acid groups (broad SMARTS) is 1. The number of benzene rings is 3. The SMILES string of the molecule is O=C(O)c1nc(-c2ccc3c(c2)N(C(=O)Nc2nc4ccccc4s2)CCC3)sc1Oc1ccc(-n2ncc3cncnc32)cc1. The summed E-state index contributed by atoms with van der Waals surface area (Å²) in [7, 11) is 0. The molecule has 1 aliphatic heterocycles. The molecule has 2 amide bonds. The quantitative estimate of drug-likeness (QED) is 0.194. The van der Waals surface area contributed by atoms with Crippen LogP contribution in [0, 0.1) is 0 Å². The number of aryl methyl sites for hydroxylation is 1. The van der Waals surface area contributed by atoms with Crippen LogP contribution in [0.15, 0.2) is 85.5 Å². The highest BCUT2D eigenvalue weighted by molar-refractivity contribution is 7.22. The van der Waals surface area contributed by atoms with Crippen LogP contribution in [-0.2, 0) is 6.42 Å². The fourth-order valence-electron chi connectivity index (χ4n) is 5.37. The van der Waals surface area contributed by atoms with Crippen molar-refractivity contribution in [1.82, 2.24) is 29.7 Å². The van der Waals surface area contributed by atoms with Crippen molar-refractivity contribution < 1.29 is 19.4 Å². The molecule has 0 bridgehead atoms. The minimum Gasteiger partial charge on any atom is -0.476 e. The van der Waals surface area contributed by atoms with Crippen molar-refractivity contribution in [2.45, 2.75) is 12.8 Å². The van der Waals surface area contributed by atoms with Crippen molar-refractivity contribution in [1.29, 1.82) is 0 Å². The first-order valence-corrected chi connectivity index (χ1v) is 15.9. The molecule has 1 aliphatic rings. The summed E-state index contributed by atoms with van der Waals surface area (Å²) >= 11 is 2.55. The number of rotatable bonds is 6. The number of anilines is 2. The van der Waals surface area contributed by atoms with Crippen LogP contribution in [0.1, 0.15) is 22.5 Å². The Kier molecular flexibility index (Phi) is 6.84. The Labute approximate surface area is 268 Å². The Morgan fingerprint density at radius 3 is 2.70 bits per heavy atom. The first-order chi connectivity index (χ1) is 22.5. The van der Waals surface area contributed by atoms with Crippen molar-refractivity contribution in [3.8, 4) is 27.1 Å². The highest BCUT2D eigenvalue weighted by Crippen LogP contribution is 2.40. The van der Waals surface area contributed by atoms with E-state index in [2.05, 4.69) is 30.4 Å². The number of ether oxygens (including phenoxy) is 1. The maximum absolute atomic E-state index is 13.4. The predicted octanol–water partition coefficient (Wildman–Crippen LogP) is 7.02. The number of fused-ring (bicyclic) bond motifs is 3. The summed E-state index contributed by atoms with van der Waals surface area (Å²) in [6.07, 6.45) is 6.49. The number of carbonyl (C=O) groups excluding carboxylic acids is 1. The zero-order valence-corrected chi connectivity index (χ0v) is 25.5. The first kappa shape index (κ1) is 27.8. The number of thiazole rings is 2. The molecule has 14 heteroatoms. The normalized spacial score (nSPS) is 12.7. The van der Waals surface area contributed by atoms with Crippen LogP contribution in [0.25, 0.3) is 37.5 Å². The molecule has 7 aromatic rings. The summed E-state index contributed by atoms with van der Waals surface area (Å²) in [4.78, 5) is 44.6. The number of nitrogens with one attached hydrogen (secondary N) is 1. The number of hydrogen-bond donors (Lipinski definition) is 2. The van der Waals surface area contributed by atoms with Gasteiger partial charge in [0.15, 0.2) is 10.8 Å². The molecule has 0 saturated heterocycles.